The van der Waals surface area contributed by atoms with E-state index in [0.717, 1.165) is 38.5 Å². The molecule has 0 spiro atoms. The number of aliphatic hydroxyl groups excluding tert-OH is 1. The Balaban J connectivity index is 1.57. The van der Waals surface area contributed by atoms with Gasteiger partial charge in [-0.2, -0.15) is 4.98 Å². The number of thioether (sulfide) groups is 1. The molecule has 7 heteroatoms. The number of rotatable bonds is 6. The Morgan fingerprint density at radius 3 is 2.71 bits per heavy atom. The number of aromatic nitrogens is 3. The fourth-order valence-corrected chi connectivity index (χ4v) is 4.85. The van der Waals surface area contributed by atoms with Gasteiger partial charge in [0.2, 0.25) is 5.88 Å². The molecule has 170 valence electrons. The maximum atomic E-state index is 13.9. The molecule has 0 bridgehead atoms. The van der Waals surface area contributed by atoms with Crippen molar-refractivity contribution in [1.29, 1.82) is 0 Å². The zero-order chi connectivity index (χ0) is 23.7. The minimum atomic E-state index is -0.353. The smallest absolute Gasteiger partial charge is 0.227 e. The molecule has 0 amide bonds. The Bertz CT molecular complexity index is 1390. The zero-order valence-corrected chi connectivity index (χ0v) is 19.4. The Labute approximate surface area is 201 Å². The predicted octanol–water partition coefficient (Wildman–Crippen LogP) is 6.11. The van der Waals surface area contributed by atoms with Gasteiger partial charge in [-0.25, -0.2) is 9.37 Å². The molecule has 4 aromatic rings. The van der Waals surface area contributed by atoms with Crippen LogP contribution in [0.4, 0.5) is 4.39 Å². The second-order valence-corrected chi connectivity index (χ2v) is 8.96. The molecule has 5 rings (SSSR count). The van der Waals surface area contributed by atoms with E-state index >= 15 is 0 Å². The number of hydrogen-bond donors (Lipinski definition) is 1. The van der Waals surface area contributed by atoms with Crippen LogP contribution in [0.1, 0.15) is 33.5 Å². The van der Waals surface area contributed by atoms with Gasteiger partial charge in [-0.15, -0.1) is 11.8 Å². The summed E-state index contributed by atoms with van der Waals surface area (Å²) >= 11 is 1.58. The quantitative estimate of drug-likeness (QED) is 0.238. The lowest BCUT2D eigenvalue weighted by Crippen LogP contribution is -2.13. The highest BCUT2D eigenvalue weighted by atomic mass is 32.2. The summed E-state index contributed by atoms with van der Waals surface area (Å²) < 4.78 is 20.1. The molecule has 1 aliphatic heterocycles. The second kappa shape index (κ2) is 9.37. The van der Waals surface area contributed by atoms with E-state index < -0.39 is 0 Å². The van der Waals surface area contributed by atoms with Crippen molar-refractivity contribution in [3.63, 3.8) is 0 Å². The van der Waals surface area contributed by atoms with Crippen molar-refractivity contribution in [2.75, 3.05) is 0 Å². The molecule has 0 saturated carbocycles. The van der Waals surface area contributed by atoms with Gasteiger partial charge in [0.05, 0.1) is 17.9 Å². The maximum absolute atomic E-state index is 13.9. The highest BCUT2D eigenvalue weighted by Crippen LogP contribution is 2.43. The fraction of sp³-hybridized carbons (Fsp3) is 0.148. The first-order chi connectivity index (χ1) is 16.6. The number of pyridine rings is 1. The third kappa shape index (κ3) is 4.32. The first-order valence-corrected chi connectivity index (χ1v) is 11.8. The van der Waals surface area contributed by atoms with Gasteiger partial charge in [-0.05, 0) is 30.2 Å². The number of benzene rings is 2. The van der Waals surface area contributed by atoms with Gasteiger partial charge in [-0.1, -0.05) is 49.1 Å². The van der Waals surface area contributed by atoms with Crippen molar-refractivity contribution in [3.05, 3.63) is 101 Å². The molecule has 2 aromatic heterocycles. The summed E-state index contributed by atoms with van der Waals surface area (Å²) in [5, 5.41) is 10.6. The fourth-order valence-electron chi connectivity index (χ4n) is 3.87. The van der Waals surface area contributed by atoms with Gasteiger partial charge in [-0.3, -0.25) is 4.98 Å². The van der Waals surface area contributed by atoms with Crippen molar-refractivity contribution >= 4 is 17.8 Å². The third-order valence-electron chi connectivity index (χ3n) is 5.73. The van der Waals surface area contributed by atoms with Crippen LogP contribution in [0.2, 0.25) is 0 Å². The van der Waals surface area contributed by atoms with Crippen LogP contribution in [-0.2, 0) is 18.8 Å². The summed E-state index contributed by atoms with van der Waals surface area (Å²) in [6.45, 7) is 5.53. The van der Waals surface area contributed by atoms with E-state index in [9.17, 15) is 9.50 Å². The van der Waals surface area contributed by atoms with Gasteiger partial charge in [0.15, 0.2) is 11.6 Å². The van der Waals surface area contributed by atoms with Crippen LogP contribution in [0.25, 0.3) is 17.5 Å². The van der Waals surface area contributed by atoms with Crippen molar-refractivity contribution in [2.45, 2.75) is 30.7 Å². The summed E-state index contributed by atoms with van der Waals surface area (Å²) in [5.74, 6) is 1.79. The lowest BCUT2D eigenvalue weighted by molar-refractivity contribution is 0.278. The topological polar surface area (TPSA) is 68.1 Å². The zero-order valence-electron chi connectivity index (χ0n) is 18.6. The number of aryl methyl sites for hydroxylation is 1. The van der Waals surface area contributed by atoms with Gasteiger partial charge < -0.3 is 9.84 Å². The van der Waals surface area contributed by atoms with Crippen molar-refractivity contribution in [3.8, 4) is 23.0 Å². The van der Waals surface area contributed by atoms with E-state index in [0.29, 0.717) is 35.2 Å². The second-order valence-electron chi connectivity index (χ2n) is 7.99. The molecule has 34 heavy (non-hydrogen) atoms. The van der Waals surface area contributed by atoms with E-state index in [-0.39, 0.29) is 12.4 Å². The number of nitrogens with zero attached hydrogens (tertiary/aromatic N) is 3. The van der Waals surface area contributed by atoms with E-state index in [4.69, 9.17) is 9.72 Å². The average Bonchev–Trinajstić information content (AvgIpc) is 2.87. The van der Waals surface area contributed by atoms with Crippen LogP contribution in [0.3, 0.4) is 0 Å². The Morgan fingerprint density at radius 2 is 1.97 bits per heavy atom. The average molecular weight is 472 g/mol. The van der Waals surface area contributed by atoms with Crippen LogP contribution >= 0.6 is 11.8 Å². The lowest BCUT2D eigenvalue weighted by Gasteiger charge is -2.24. The standard InChI is InChI=1S/C27H22FN3O2S/c1-3-17-7-9-18(10-8-17)15-34-27-23-12-22-20(14-32)13-29-16(2)24(22)33-26(23)30-25(31-27)19-5-4-6-21(28)11-19/h3-11,13,32H,1,12,14-15H2,2H3. The Morgan fingerprint density at radius 1 is 1.15 bits per heavy atom. The summed E-state index contributed by atoms with van der Waals surface area (Å²) in [6.07, 6.45) is 4.01. The van der Waals surface area contributed by atoms with Crippen LogP contribution < -0.4 is 4.74 Å². The number of ether oxygens (including phenoxy) is 1. The molecule has 5 nitrogen and oxygen atoms in total. The molecular formula is C27H22FN3O2S. The Hall–Kier alpha value is -3.55. The highest BCUT2D eigenvalue weighted by molar-refractivity contribution is 7.98. The van der Waals surface area contributed by atoms with Crippen molar-refractivity contribution in [1.82, 2.24) is 15.0 Å². The summed E-state index contributed by atoms with van der Waals surface area (Å²) in [7, 11) is 0. The summed E-state index contributed by atoms with van der Waals surface area (Å²) in [5.41, 5.74) is 5.96. The summed E-state index contributed by atoms with van der Waals surface area (Å²) in [4.78, 5) is 13.8. The molecule has 2 aromatic carbocycles. The van der Waals surface area contributed by atoms with Gasteiger partial charge in [0.25, 0.3) is 0 Å². The summed E-state index contributed by atoms with van der Waals surface area (Å²) in [6, 6.07) is 14.4. The first kappa shape index (κ1) is 22.3. The molecule has 0 radical (unpaired) electrons. The molecule has 0 aliphatic carbocycles. The van der Waals surface area contributed by atoms with Crippen LogP contribution in [0.15, 0.2) is 66.3 Å². The van der Waals surface area contributed by atoms with Crippen molar-refractivity contribution < 1.29 is 14.2 Å². The van der Waals surface area contributed by atoms with E-state index in [1.807, 2.05) is 25.1 Å². The lowest BCUT2D eigenvalue weighted by atomic mass is 9.99. The minimum absolute atomic E-state index is 0.130. The molecule has 0 atom stereocenters. The largest absolute Gasteiger partial charge is 0.436 e. The molecule has 0 fully saturated rings. The van der Waals surface area contributed by atoms with Crippen LogP contribution in [-0.4, -0.2) is 20.1 Å². The van der Waals surface area contributed by atoms with Crippen LogP contribution in [0, 0.1) is 12.7 Å². The highest BCUT2D eigenvalue weighted by Gasteiger charge is 2.27. The molecule has 1 N–H and O–H groups in total. The number of fused-ring (bicyclic) bond motifs is 2. The molecule has 1 aliphatic rings. The van der Waals surface area contributed by atoms with E-state index in [2.05, 4.69) is 28.7 Å². The van der Waals surface area contributed by atoms with Crippen molar-refractivity contribution in [2.24, 2.45) is 0 Å². The maximum Gasteiger partial charge on any atom is 0.227 e. The van der Waals surface area contributed by atoms with E-state index in [1.165, 1.54) is 12.1 Å². The van der Waals surface area contributed by atoms with Gasteiger partial charge in [0.1, 0.15) is 10.8 Å². The molecular weight excluding hydrogens is 449 g/mol. The minimum Gasteiger partial charge on any atom is -0.436 e. The third-order valence-corrected chi connectivity index (χ3v) is 6.82. The van der Waals surface area contributed by atoms with Crippen LogP contribution in [0.5, 0.6) is 11.6 Å². The molecule has 0 saturated heterocycles. The number of hydrogen-bond acceptors (Lipinski definition) is 6. The van der Waals surface area contributed by atoms with Gasteiger partial charge >= 0.3 is 0 Å². The Kier molecular flexibility index (Phi) is 6.13. The number of aliphatic hydroxyl groups is 1. The van der Waals surface area contributed by atoms with E-state index in [1.54, 1.807) is 30.1 Å². The SMILES string of the molecule is C=Cc1ccc(CSc2nc(-c3cccc(F)c3)nc3c2Cc2c(CO)cnc(C)c2O3)cc1. The molecule has 0 unspecified atom stereocenters. The molecule has 3 heterocycles. The number of halogens is 1. The monoisotopic (exact) mass is 471 g/mol. The first-order valence-electron chi connectivity index (χ1n) is 10.8. The van der Waals surface area contributed by atoms with Gasteiger partial charge in [0, 0.05) is 35.1 Å². The normalized spacial score (nSPS) is 12.0. The predicted molar refractivity (Wildman–Crippen MR) is 131 cm³/mol.